The Kier molecular flexibility index (Phi) is 5.02. The Morgan fingerprint density at radius 2 is 1.85 bits per heavy atom. The number of piperidine rings is 1. The van der Waals surface area contributed by atoms with Crippen LogP contribution in [0.5, 0.6) is 0 Å². The van der Waals surface area contributed by atoms with Crippen LogP contribution < -0.4 is 5.32 Å². The fourth-order valence-corrected chi connectivity index (χ4v) is 3.21. The van der Waals surface area contributed by atoms with Crippen molar-refractivity contribution >= 4 is 11.8 Å². The first-order valence-corrected chi connectivity index (χ1v) is 7.83. The molecule has 2 heterocycles. The molecule has 2 aliphatic heterocycles. The van der Waals surface area contributed by atoms with Crippen LogP contribution in [0, 0.1) is 0 Å². The van der Waals surface area contributed by atoms with Crippen LogP contribution in [0.15, 0.2) is 0 Å². The molecule has 5 heteroatoms. The largest absolute Gasteiger partial charge is 0.353 e. The molecular weight excluding hydrogens is 254 g/mol. The van der Waals surface area contributed by atoms with Crippen LogP contribution in [0.25, 0.3) is 0 Å². The van der Waals surface area contributed by atoms with Gasteiger partial charge in [0.1, 0.15) is 0 Å². The van der Waals surface area contributed by atoms with E-state index in [1.54, 1.807) is 0 Å². The van der Waals surface area contributed by atoms with Crippen molar-refractivity contribution in [2.45, 2.75) is 64.6 Å². The normalized spacial score (nSPS) is 23.4. The molecule has 0 bridgehead atoms. The maximum atomic E-state index is 12.0. The van der Waals surface area contributed by atoms with E-state index < -0.39 is 0 Å². The summed E-state index contributed by atoms with van der Waals surface area (Å²) in [6.45, 7) is 8.67. The van der Waals surface area contributed by atoms with Crippen LogP contribution in [-0.4, -0.2) is 59.4 Å². The molecule has 2 amide bonds. The molecule has 2 rings (SSSR count). The third-order valence-electron chi connectivity index (χ3n) is 4.41. The maximum absolute atomic E-state index is 12.0. The van der Waals surface area contributed by atoms with Gasteiger partial charge in [0.05, 0.1) is 6.04 Å². The monoisotopic (exact) mass is 281 g/mol. The lowest BCUT2D eigenvalue weighted by Crippen LogP contribution is -2.52. The van der Waals surface area contributed by atoms with E-state index in [2.05, 4.69) is 15.1 Å². The van der Waals surface area contributed by atoms with Crippen molar-refractivity contribution in [3.8, 4) is 0 Å². The van der Waals surface area contributed by atoms with E-state index in [4.69, 9.17) is 0 Å². The third kappa shape index (κ3) is 3.51. The van der Waals surface area contributed by atoms with Crippen LogP contribution in [0.3, 0.4) is 0 Å². The summed E-state index contributed by atoms with van der Waals surface area (Å²) >= 11 is 0. The lowest BCUT2D eigenvalue weighted by atomic mass is 10.0. The van der Waals surface area contributed by atoms with Crippen molar-refractivity contribution in [1.82, 2.24) is 15.1 Å². The van der Waals surface area contributed by atoms with Gasteiger partial charge in [-0.1, -0.05) is 0 Å². The second-order valence-corrected chi connectivity index (χ2v) is 6.30. The second-order valence-electron chi connectivity index (χ2n) is 6.30. The smallest absolute Gasteiger partial charge is 0.237 e. The average molecular weight is 281 g/mol. The molecule has 0 aromatic carbocycles. The van der Waals surface area contributed by atoms with Crippen LogP contribution in [0.4, 0.5) is 0 Å². The third-order valence-corrected chi connectivity index (χ3v) is 4.41. The zero-order valence-electron chi connectivity index (χ0n) is 12.9. The Morgan fingerprint density at radius 3 is 2.35 bits per heavy atom. The van der Waals surface area contributed by atoms with Crippen molar-refractivity contribution in [3.05, 3.63) is 0 Å². The lowest BCUT2D eigenvalue weighted by molar-refractivity contribution is -0.132. The van der Waals surface area contributed by atoms with E-state index in [1.165, 1.54) is 0 Å². The number of likely N-dealkylation sites (tertiary alicyclic amines) is 2. The van der Waals surface area contributed by atoms with Crippen LogP contribution in [-0.2, 0) is 9.59 Å². The zero-order valence-corrected chi connectivity index (χ0v) is 12.9. The number of carbonyl (C=O) groups excluding carboxylic acids is 2. The number of nitrogens with one attached hydrogen (secondary N) is 1. The first kappa shape index (κ1) is 15.3. The molecule has 0 aliphatic carbocycles. The fraction of sp³-hybridized carbons (Fsp3) is 0.867. The average Bonchev–Trinajstić information content (AvgIpc) is 2.83. The molecule has 2 aliphatic rings. The van der Waals surface area contributed by atoms with E-state index >= 15 is 0 Å². The van der Waals surface area contributed by atoms with Crippen molar-refractivity contribution in [2.75, 3.05) is 19.6 Å². The van der Waals surface area contributed by atoms with E-state index in [0.717, 1.165) is 38.9 Å². The first-order valence-electron chi connectivity index (χ1n) is 7.83. The molecule has 5 nitrogen and oxygen atoms in total. The summed E-state index contributed by atoms with van der Waals surface area (Å²) < 4.78 is 0. The summed E-state index contributed by atoms with van der Waals surface area (Å²) in [6, 6.07) is 0.499. The van der Waals surface area contributed by atoms with Crippen LogP contribution >= 0.6 is 0 Å². The Labute approximate surface area is 121 Å². The molecular formula is C15H27N3O2. The summed E-state index contributed by atoms with van der Waals surface area (Å²) in [7, 11) is 0. The highest BCUT2D eigenvalue weighted by atomic mass is 16.2. The van der Waals surface area contributed by atoms with Gasteiger partial charge >= 0.3 is 0 Å². The topological polar surface area (TPSA) is 52.7 Å². The number of hydrogen-bond donors (Lipinski definition) is 1. The number of amides is 2. The van der Waals surface area contributed by atoms with E-state index in [-0.39, 0.29) is 18.0 Å². The van der Waals surface area contributed by atoms with Crippen molar-refractivity contribution < 1.29 is 9.59 Å². The van der Waals surface area contributed by atoms with Crippen molar-refractivity contribution in [1.29, 1.82) is 0 Å². The van der Waals surface area contributed by atoms with Crippen molar-refractivity contribution in [2.24, 2.45) is 0 Å². The standard InChI is InChI=1S/C15H27N3O2/c1-11(2)16-15(20)12(3)17-9-6-13(7-10-17)18-8-4-5-14(18)19/h11-13H,4-10H2,1-3H3,(H,16,20). The first-order chi connectivity index (χ1) is 9.49. The Balaban J connectivity index is 1.81. The number of carbonyl (C=O) groups is 2. The number of rotatable bonds is 4. The van der Waals surface area contributed by atoms with E-state index in [1.807, 2.05) is 20.8 Å². The molecule has 2 saturated heterocycles. The Bertz CT molecular complexity index is 362. The molecule has 1 atom stereocenters. The van der Waals surface area contributed by atoms with Gasteiger partial charge in [0.2, 0.25) is 11.8 Å². The van der Waals surface area contributed by atoms with Gasteiger partial charge in [0.15, 0.2) is 0 Å². The minimum Gasteiger partial charge on any atom is -0.353 e. The lowest BCUT2D eigenvalue weighted by Gasteiger charge is -2.39. The molecule has 0 saturated carbocycles. The molecule has 0 spiro atoms. The highest BCUT2D eigenvalue weighted by Crippen LogP contribution is 2.23. The van der Waals surface area contributed by atoms with Crippen LogP contribution in [0.1, 0.15) is 46.5 Å². The summed E-state index contributed by atoms with van der Waals surface area (Å²) in [5.41, 5.74) is 0. The van der Waals surface area contributed by atoms with Gasteiger partial charge in [-0.2, -0.15) is 0 Å². The van der Waals surface area contributed by atoms with Gasteiger partial charge < -0.3 is 10.2 Å². The molecule has 1 unspecified atom stereocenters. The quantitative estimate of drug-likeness (QED) is 0.836. The number of hydrogen-bond acceptors (Lipinski definition) is 3. The van der Waals surface area contributed by atoms with Crippen LogP contribution in [0.2, 0.25) is 0 Å². The highest BCUT2D eigenvalue weighted by Gasteiger charge is 2.33. The minimum absolute atomic E-state index is 0.0763. The minimum atomic E-state index is -0.0763. The molecule has 1 N–H and O–H groups in total. The molecule has 2 fully saturated rings. The van der Waals surface area contributed by atoms with Gasteiger partial charge in [-0.25, -0.2) is 0 Å². The molecule has 20 heavy (non-hydrogen) atoms. The summed E-state index contributed by atoms with van der Waals surface area (Å²) in [6.07, 6.45) is 3.70. The number of nitrogens with zero attached hydrogens (tertiary/aromatic N) is 2. The molecule has 0 aromatic rings. The predicted molar refractivity (Wildman–Crippen MR) is 78.3 cm³/mol. The van der Waals surface area contributed by atoms with Gasteiger partial charge in [0, 0.05) is 38.1 Å². The predicted octanol–water partition coefficient (Wildman–Crippen LogP) is 0.986. The van der Waals surface area contributed by atoms with Gasteiger partial charge in [0.25, 0.3) is 0 Å². The fourth-order valence-electron chi connectivity index (χ4n) is 3.21. The molecule has 0 aromatic heterocycles. The zero-order chi connectivity index (χ0) is 14.7. The molecule has 114 valence electrons. The van der Waals surface area contributed by atoms with Gasteiger partial charge in [-0.3, -0.25) is 14.5 Å². The van der Waals surface area contributed by atoms with Crippen molar-refractivity contribution in [3.63, 3.8) is 0 Å². The Hall–Kier alpha value is -1.10. The highest BCUT2D eigenvalue weighted by molar-refractivity contribution is 5.81. The maximum Gasteiger partial charge on any atom is 0.237 e. The van der Waals surface area contributed by atoms with E-state index in [9.17, 15) is 9.59 Å². The van der Waals surface area contributed by atoms with Gasteiger partial charge in [-0.05, 0) is 40.0 Å². The van der Waals surface area contributed by atoms with Gasteiger partial charge in [-0.15, -0.1) is 0 Å². The van der Waals surface area contributed by atoms with E-state index in [0.29, 0.717) is 18.4 Å². The summed E-state index contributed by atoms with van der Waals surface area (Å²) in [5, 5.41) is 2.97. The SMILES string of the molecule is CC(C)NC(=O)C(C)N1CCC(N2CCCC2=O)CC1. The summed E-state index contributed by atoms with van der Waals surface area (Å²) in [4.78, 5) is 28.1. The Morgan fingerprint density at radius 1 is 1.20 bits per heavy atom. The molecule has 0 radical (unpaired) electrons. The summed E-state index contributed by atoms with van der Waals surface area (Å²) in [5.74, 6) is 0.421. The second kappa shape index (κ2) is 6.57.